The molecule has 0 spiro atoms. The van der Waals surface area contributed by atoms with E-state index in [0.717, 1.165) is 6.20 Å². The van der Waals surface area contributed by atoms with Crippen LogP contribution in [0.15, 0.2) is 53.2 Å². The van der Waals surface area contributed by atoms with Crippen LogP contribution in [0.2, 0.25) is 0 Å². The summed E-state index contributed by atoms with van der Waals surface area (Å²) < 4.78 is 40.7. The van der Waals surface area contributed by atoms with Crippen molar-refractivity contribution >= 4 is 23.1 Å². The summed E-state index contributed by atoms with van der Waals surface area (Å²) in [7, 11) is 1.67. The minimum absolute atomic E-state index is 0.0767. The van der Waals surface area contributed by atoms with Crippen molar-refractivity contribution in [3.05, 3.63) is 53.8 Å². The van der Waals surface area contributed by atoms with Gasteiger partial charge in [0.1, 0.15) is 5.84 Å². The van der Waals surface area contributed by atoms with Gasteiger partial charge in [0.05, 0.1) is 11.6 Å². The standard InChI is InChI=1S/C18H19F3N4O/c1-4-24-17-15(12(18(19,20)21)9-14(26)25-17)10(2)16(22)11-7-5-6-8-13(11)23-3/h4-8,12,22-23H,1,9H2,2-3H3,(H,24,25,26)/b15-10+,22-16?. The number of alkyl halides is 3. The van der Waals surface area contributed by atoms with Crippen LogP contribution >= 0.6 is 0 Å². The first-order valence-corrected chi connectivity index (χ1v) is 7.83. The Balaban J connectivity index is 2.66. The van der Waals surface area contributed by atoms with E-state index in [9.17, 15) is 18.0 Å². The Morgan fingerprint density at radius 1 is 1.42 bits per heavy atom. The third-order valence-electron chi connectivity index (χ3n) is 4.11. The summed E-state index contributed by atoms with van der Waals surface area (Å²) in [4.78, 5) is 15.5. The molecule has 1 amide bonds. The van der Waals surface area contributed by atoms with Crippen LogP contribution in [0.3, 0.4) is 0 Å². The number of nitrogens with one attached hydrogen (secondary N) is 3. The molecule has 0 bridgehead atoms. The number of piperidine rings is 1. The minimum Gasteiger partial charge on any atom is -0.388 e. The summed E-state index contributed by atoms with van der Waals surface area (Å²) in [6.45, 7) is 4.81. The second-order valence-electron chi connectivity index (χ2n) is 5.72. The zero-order valence-electron chi connectivity index (χ0n) is 14.4. The third-order valence-corrected chi connectivity index (χ3v) is 4.11. The molecule has 0 saturated carbocycles. The highest BCUT2D eigenvalue weighted by Gasteiger charge is 2.48. The quantitative estimate of drug-likeness (QED) is 0.713. The number of halogens is 3. The average molecular weight is 364 g/mol. The molecule has 1 aliphatic rings. The summed E-state index contributed by atoms with van der Waals surface area (Å²) in [6.07, 6.45) is -4.32. The summed E-state index contributed by atoms with van der Waals surface area (Å²) in [5, 5.41) is 13.7. The number of rotatable bonds is 4. The lowest BCUT2D eigenvalue weighted by molar-refractivity contribution is -0.169. The van der Waals surface area contributed by atoms with Gasteiger partial charge < -0.3 is 10.6 Å². The molecule has 5 nitrogen and oxygen atoms in total. The Bertz CT molecular complexity index is 809. The normalized spacial score (nSPS) is 21.2. The Morgan fingerprint density at radius 3 is 2.65 bits per heavy atom. The summed E-state index contributed by atoms with van der Waals surface area (Å²) in [5.74, 6) is -3.02. The molecule has 1 fully saturated rings. The Kier molecular flexibility index (Phi) is 5.64. The number of benzene rings is 1. The van der Waals surface area contributed by atoms with Gasteiger partial charge in [-0.15, -0.1) is 0 Å². The maximum atomic E-state index is 13.6. The van der Waals surface area contributed by atoms with Crippen molar-refractivity contribution in [1.82, 2.24) is 5.32 Å². The van der Waals surface area contributed by atoms with Crippen LogP contribution in [0.4, 0.5) is 18.9 Å². The van der Waals surface area contributed by atoms with Crippen LogP contribution < -0.4 is 10.6 Å². The van der Waals surface area contributed by atoms with E-state index in [1.807, 2.05) is 0 Å². The molecule has 1 heterocycles. The van der Waals surface area contributed by atoms with Gasteiger partial charge in [-0.2, -0.15) is 13.2 Å². The van der Waals surface area contributed by atoms with E-state index in [2.05, 4.69) is 22.2 Å². The van der Waals surface area contributed by atoms with Crippen LogP contribution in [0.25, 0.3) is 0 Å². The zero-order valence-corrected chi connectivity index (χ0v) is 14.4. The van der Waals surface area contributed by atoms with E-state index in [0.29, 0.717) is 11.3 Å². The number of amidine groups is 1. The molecule has 138 valence electrons. The third kappa shape index (κ3) is 3.84. The van der Waals surface area contributed by atoms with Gasteiger partial charge in [-0.05, 0) is 18.6 Å². The molecule has 0 aliphatic carbocycles. The van der Waals surface area contributed by atoms with Crippen molar-refractivity contribution in [2.75, 3.05) is 12.4 Å². The van der Waals surface area contributed by atoms with Crippen molar-refractivity contribution in [3.8, 4) is 0 Å². The Morgan fingerprint density at radius 2 is 2.08 bits per heavy atom. The molecule has 3 N–H and O–H groups in total. The van der Waals surface area contributed by atoms with Crippen LogP contribution in [0.1, 0.15) is 18.9 Å². The second-order valence-corrected chi connectivity index (χ2v) is 5.72. The van der Waals surface area contributed by atoms with Crippen LogP contribution in [0, 0.1) is 11.3 Å². The first kappa shape index (κ1) is 19.4. The highest BCUT2D eigenvalue weighted by atomic mass is 19.4. The maximum absolute atomic E-state index is 13.6. The van der Waals surface area contributed by atoms with Crippen molar-refractivity contribution in [3.63, 3.8) is 0 Å². The SMILES string of the molecule is C=CN=C1NC(=O)CC(C(F)(F)F)/C1=C(/C)C(=N)c1ccccc1NC. The number of nitrogens with zero attached hydrogens (tertiary/aromatic N) is 1. The zero-order chi connectivity index (χ0) is 19.5. The molecule has 1 saturated heterocycles. The number of hydrogen-bond donors (Lipinski definition) is 3. The molecule has 1 aliphatic heterocycles. The number of amides is 1. The molecule has 26 heavy (non-hydrogen) atoms. The van der Waals surface area contributed by atoms with Gasteiger partial charge in [-0.1, -0.05) is 24.8 Å². The number of allylic oxidation sites excluding steroid dienone is 1. The monoisotopic (exact) mass is 364 g/mol. The number of carbonyl (C=O) groups is 1. The van der Waals surface area contributed by atoms with Gasteiger partial charge in [-0.3, -0.25) is 10.2 Å². The molecular formula is C18H19F3N4O. The van der Waals surface area contributed by atoms with Crippen LogP contribution in [-0.4, -0.2) is 30.7 Å². The highest BCUT2D eigenvalue weighted by molar-refractivity contribution is 6.20. The van der Waals surface area contributed by atoms with Gasteiger partial charge in [0.25, 0.3) is 0 Å². The number of carbonyl (C=O) groups excluding carboxylic acids is 1. The Hall–Kier alpha value is -2.90. The highest BCUT2D eigenvalue weighted by Crippen LogP contribution is 2.39. The van der Waals surface area contributed by atoms with Crippen molar-refractivity contribution < 1.29 is 18.0 Å². The first-order chi connectivity index (χ1) is 12.2. The van der Waals surface area contributed by atoms with Crippen molar-refractivity contribution in [2.24, 2.45) is 10.9 Å². The van der Waals surface area contributed by atoms with Crippen molar-refractivity contribution in [2.45, 2.75) is 19.5 Å². The lowest BCUT2D eigenvalue weighted by Gasteiger charge is -2.30. The van der Waals surface area contributed by atoms with E-state index >= 15 is 0 Å². The number of anilines is 1. The average Bonchev–Trinajstić information content (AvgIpc) is 2.59. The summed E-state index contributed by atoms with van der Waals surface area (Å²) in [5.41, 5.74) is 0.870. The van der Waals surface area contributed by atoms with Gasteiger partial charge >= 0.3 is 6.18 Å². The molecule has 2 rings (SSSR count). The molecule has 8 heteroatoms. The van der Waals surface area contributed by atoms with Crippen LogP contribution in [0.5, 0.6) is 0 Å². The van der Waals surface area contributed by atoms with Gasteiger partial charge in [-0.25, -0.2) is 4.99 Å². The Labute approximate surface area is 149 Å². The van der Waals surface area contributed by atoms with Crippen LogP contribution in [-0.2, 0) is 4.79 Å². The number of aliphatic imine (C=N–C) groups is 1. The predicted molar refractivity (Wildman–Crippen MR) is 95.5 cm³/mol. The minimum atomic E-state index is -4.64. The summed E-state index contributed by atoms with van der Waals surface area (Å²) in [6, 6.07) is 6.83. The molecule has 0 aromatic heterocycles. The van der Waals surface area contributed by atoms with E-state index < -0.39 is 24.4 Å². The van der Waals surface area contributed by atoms with E-state index in [1.165, 1.54) is 6.92 Å². The second kappa shape index (κ2) is 7.55. The van der Waals surface area contributed by atoms with E-state index in [-0.39, 0.29) is 22.7 Å². The van der Waals surface area contributed by atoms with E-state index in [1.54, 1.807) is 31.3 Å². The fourth-order valence-electron chi connectivity index (χ4n) is 2.87. The van der Waals surface area contributed by atoms with Crippen molar-refractivity contribution in [1.29, 1.82) is 5.41 Å². The molecule has 1 aromatic rings. The fraction of sp³-hybridized carbons (Fsp3) is 0.278. The number of hydrogen-bond acceptors (Lipinski definition) is 4. The topological polar surface area (TPSA) is 77.3 Å². The van der Waals surface area contributed by atoms with Gasteiger partial charge in [0.15, 0.2) is 0 Å². The molecule has 1 unspecified atom stereocenters. The fourth-order valence-corrected chi connectivity index (χ4v) is 2.87. The lowest BCUT2D eigenvalue weighted by atomic mass is 9.84. The lowest BCUT2D eigenvalue weighted by Crippen LogP contribution is -2.46. The predicted octanol–water partition coefficient (Wildman–Crippen LogP) is 3.65. The first-order valence-electron chi connectivity index (χ1n) is 7.83. The maximum Gasteiger partial charge on any atom is 0.396 e. The number of para-hydroxylation sites is 1. The van der Waals surface area contributed by atoms with Gasteiger partial charge in [0, 0.05) is 36.5 Å². The summed E-state index contributed by atoms with van der Waals surface area (Å²) >= 11 is 0. The molecule has 0 radical (unpaired) electrons. The molecule has 1 atom stereocenters. The smallest absolute Gasteiger partial charge is 0.388 e. The van der Waals surface area contributed by atoms with E-state index in [4.69, 9.17) is 5.41 Å². The largest absolute Gasteiger partial charge is 0.396 e. The molecule has 1 aromatic carbocycles. The molecular weight excluding hydrogens is 345 g/mol. The van der Waals surface area contributed by atoms with Gasteiger partial charge in [0.2, 0.25) is 5.91 Å².